The molecule has 1 fully saturated rings. The van der Waals surface area contributed by atoms with Crippen LogP contribution in [0.3, 0.4) is 0 Å². The number of amides is 1. The summed E-state index contributed by atoms with van der Waals surface area (Å²) in [6, 6.07) is 24.4. The van der Waals surface area contributed by atoms with Gasteiger partial charge in [0.2, 0.25) is 0 Å². The van der Waals surface area contributed by atoms with E-state index < -0.39 is 0 Å². The normalized spacial score (nSPS) is 14.6. The van der Waals surface area contributed by atoms with Crippen LogP contribution in [0.25, 0.3) is 0 Å². The van der Waals surface area contributed by atoms with Crippen LogP contribution in [0.1, 0.15) is 60.7 Å². The van der Waals surface area contributed by atoms with Gasteiger partial charge in [-0.15, -0.1) is 0 Å². The summed E-state index contributed by atoms with van der Waals surface area (Å²) in [7, 11) is 1.65. The average molecular weight is 472 g/mol. The number of ether oxygens (including phenoxy) is 2. The predicted octanol–water partition coefficient (Wildman–Crippen LogP) is 6.67. The summed E-state index contributed by atoms with van der Waals surface area (Å²) in [5.41, 5.74) is 4.08. The maximum Gasteiger partial charge on any atom is 0.253 e. The van der Waals surface area contributed by atoms with Crippen LogP contribution < -0.4 is 9.47 Å². The smallest absolute Gasteiger partial charge is 0.253 e. The molecule has 0 atom stereocenters. The Bertz CT molecular complexity index is 1130. The lowest BCUT2D eigenvalue weighted by atomic mass is 9.86. The first kappa shape index (κ1) is 24.8. The Labute approximate surface area is 209 Å². The summed E-state index contributed by atoms with van der Waals surface area (Å²) < 4.78 is 11.8. The Kier molecular flexibility index (Phi) is 7.80. The highest BCUT2D eigenvalue weighted by atomic mass is 16.5. The van der Waals surface area contributed by atoms with E-state index in [0.29, 0.717) is 18.1 Å². The minimum atomic E-state index is -0.0227. The van der Waals surface area contributed by atoms with Crippen molar-refractivity contribution in [1.82, 2.24) is 4.90 Å². The number of likely N-dealkylation sites (tertiary alicyclic amines) is 1. The number of hydrogen-bond acceptors (Lipinski definition) is 3. The molecule has 0 aromatic heterocycles. The molecule has 0 spiro atoms. The van der Waals surface area contributed by atoms with Gasteiger partial charge >= 0.3 is 0 Å². The fourth-order valence-electron chi connectivity index (χ4n) is 4.86. The van der Waals surface area contributed by atoms with Crippen molar-refractivity contribution in [1.29, 1.82) is 0 Å². The number of nitrogens with zero attached hydrogens (tertiary/aromatic N) is 1. The quantitative estimate of drug-likeness (QED) is 0.386. The fourth-order valence-corrected chi connectivity index (χ4v) is 4.86. The number of hydrogen-bond donors (Lipinski definition) is 0. The molecular weight excluding hydrogens is 434 g/mol. The van der Waals surface area contributed by atoms with Crippen LogP contribution >= 0.6 is 0 Å². The average Bonchev–Trinajstić information content (AvgIpc) is 2.87. The van der Waals surface area contributed by atoms with Crippen LogP contribution in [-0.4, -0.2) is 31.0 Å². The Morgan fingerprint density at radius 3 is 2.29 bits per heavy atom. The zero-order chi connectivity index (χ0) is 24.8. The maximum atomic E-state index is 13.3. The van der Waals surface area contributed by atoms with Crippen molar-refractivity contribution >= 4 is 5.91 Å². The van der Waals surface area contributed by atoms with Gasteiger partial charge in [0, 0.05) is 24.2 Å². The highest BCUT2D eigenvalue weighted by Gasteiger charge is 2.25. The number of para-hydroxylation sites is 1. The molecule has 1 saturated heterocycles. The van der Waals surface area contributed by atoms with Crippen molar-refractivity contribution in [3.8, 4) is 11.5 Å². The van der Waals surface area contributed by atoms with Gasteiger partial charge in [0.05, 0.1) is 7.11 Å². The Hall–Kier alpha value is -3.27. The third-order valence-electron chi connectivity index (χ3n) is 6.87. The van der Waals surface area contributed by atoms with Gasteiger partial charge in [0.25, 0.3) is 5.91 Å². The Morgan fingerprint density at radius 1 is 0.914 bits per heavy atom. The molecule has 0 bridgehead atoms. The van der Waals surface area contributed by atoms with Gasteiger partial charge in [-0.05, 0) is 66.0 Å². The summed E-state index contributed by atoms with van der Waals surface area (Å²) in [4.78, 5) is 15.3. The van der Waals surface area contributed by atoms with Gasteiger partial charge in [0.1, 0.15) is 18.1 Å². The molecular formula is C31H37NO3. The lowest BCUT2D eigenvalue weighted by Crippen LogP contribution is -2.39. The largest absolute Gasteiger partial charge is 0.496 e. The van der Waals surface area contributed by atoms with Gasteiger partial charge in [0.15, 0.2) is 0 Å². The number of carbonyl (C=O) groups excluding carboxylic acids is 1. The molecule has 0 unspecified atom stereocenters. The molecule has 3 aromatic carbocycles. The lowest BCUT2D eigenvalue weighted by molar-refractivity contribution is 0.0690. The van der Waals surface area contributed by atoms with Crippen LogP contribution in [0.15, 0.2) is 72.8 Å². The molecule has 4 nitrogen and oxygen atoms in total. The monoisotopic (exact) mass is 471 g/mol. The number of benzene rings is 3. The molecule has 0 aliphatic carbocycles. The number of carbonyl (C=O) groups is 1. The zero-order valence-corrected chi connectivity index (χ0v) is 21.4. The number of rotatable bonds is 7. The van der Waals surface area contributed by atoms with E-state index in [0.717, 1.165) is 55.0 Å². The fraction of sp³-hybridized carbons (Fsp3) is 0.387. The highest BCUT2D eigenvalue weighted by molar-refractivity contribution is 5.94. The maximum absolute atomic E-state index is 13.3. The van der Waals surface area contributed by atoms with Crippen molar-refractivity contribution in [2.24, 2.45) is 5.92 Å². The van der Waals surface area contributed by atoms with Crippen molar-refractivity contribution in [2.75, 3.05) is 20.2 Å². The summed E-state index contributed by atoms with van der Waals surface area (Å²) >= 11 is 0. The van der Waals surface area contributed by atoms with E-state index in [-0.39, 0.29) is 11.3 Å². The highest BCUT2D eigenvalue weighted by Crippen LogP contribution is 2.32. The molecule has 35 heavy (non-hydrogen) atoms. The van der Waals surface area contributed by atoms with Crippen LogP contribution in [0, 0.1) is 5.92 Å². The van der Waals surface area contributed by atoms with E-state index in [4.69, 9.17) is 9.47 Å². The molecule has 4 heteroatoms. The third-order valence-corrected chi connectivity index (χ3v) is 6.87. The summed E-state index contributed by atoms with van der Waals surface area (Å²) in [6.45, 7) is 8.48. The van der Waals surface area contributed by atoms with E-state index in [2.05, 4.69) is 57.2 Å². The molecule has 1 heterocycles. The van der Waals surface area contributed by atoms with Crippen molar-refractivity contribution in [3.63, 3.8) is 0 Å². The molecule has 1 aliphatic heterocycles. The van der Waals surface area contributed by atoms with Crippen LogP contribution in [0.2, 0.25) is 0 Å². The molecule has 4 rings (SSSR count). The first-order valence-electron chi connectivity index (χ1n) is 12.6. The van der Waals surface area contributed by atoms with Gasteiger partial charge in [-0.2, -0.15) is 0 Å². The second-order valence-corrected chi connectivity index (χ2v) is 10.5. The van der Waals surface area contributed by atoms with Gasteiger partial charge in [-0.3, -0.25) is 4.79 Å². The van der Waals surface area contributed by atoms with Crippen molar-refractivity contribution < 1.29 is 14.3 Å². The first-order chi connectivity index (χ1) is 16.8. The first-order valence-corrected chi connectivity index (χ1v) is 12.6. The predicted molar refractivity (Wildman–Crippen MR) is 141 cm³/mol. The minimum absolute atomic E-state index is 0.0227. The standard InChI is InChI=1S/C31H37NO3/c1-31(2,3)27-12-8-9-13-29(27)35-22-26-21-25(14-15-28(26)34-4)30(33)32-18-16-24(17-19-32)20-23-10-6-5-7-11-23/h5-15,21,24H,16-20,22H2,1-4H3. The molecule has 0 radical (unpaired) electrons. The topological polar surface area (TPSA) is 38.8 Å². The molecule has 184 valence electrons. The second-order valence-electron chi connectivity index (χ2n) is 10.5. The third kappa shape index (κ3) is 6.25. The molecule has 3 aromatic rings. The SMILES string of the molecule is COc1ccc(C(=O)N2CCC(Cc3ccccc3)CC2)cc1COc1ccccc1C(C)(C)C. The summed E-state index contributed by atoms with van der Waals surface area (Å²) in [5.74, 6) is 2.31. The van der Waals surface area contributed by atoms with E-state index in [1.807, 2.05) is 41.3 Å². The van der Waals surface area contributed by atoms with E-state index in [1.54, 1.807) is 7.11 Å². The van der Waals surface area contributed by atoms with Crippen LogP contribution in [0.5, 0.6) is 11.5 Å². The second kappa shape index (κ2) is 11.0. The van der Waals surface area contributed by atoms with Gasteiger partial charge in [-0.25, -0.2) is 0 Å². The van der Waals surface area contributed by atoms with E-state index >= 15 is 0 Å². The number of methoxy groups -OCH3 is 1. The van der Waals surface area contributed by atoms with Crippen molar-refractivity contribution in [3.05, 3.63) is 95.1 Å². The molecule has 0 saturated carbocycles. The lowest BCUT2D eigenvalue weighted by Gasteiger charge is -2.32. The Balaban J connectivity index is 1.42. The van der Waals surface area contributed by atoms with Gasteiger partial charge < -0.3 is 14.4 Å². The van der Waals surface area contributed by atoms with E-state index in [1.165, 1.54) is 5.56 Å². The molecule has 1 amide bonds. The number of piperidine rings is 1. The van der Waals surface area contributed by atoms with Gasteiger partial charge in [-0.1, -0.05) is 69.3 Å². The van der Waals surface area contributed by atoms with E-state index in [9.17, 15) is 4.79 Å². The molecule has 0 N–H and O–H groups in total. The minimum Gasteiger partial charge on any atom is -0.496 e. The molecule has 1 aliphatic rings. The summed E-state index contributed by atoms with van der Waals surface area (Å²) in [6.07, 6.45) is 3.16. The summed E-state index contributed by atoms with van der Waals surface area (Å²) in [5, 5.41) is 0. The van der Waals surface area contributed by atoms with Crippen LogP contribution in [0.4, 0.5) is 0 Å². The van der Waals surface area contributed by atoms with Crippen molar-refractivity contribution in [2.45, 2.75) is 52.1 Å². The Morgan fingerprint density at radius 2 is 1.60 bits per heavy atom. The zero-order valence-electron chi connectivity index (χ0n) is 21.4. The van der Waals surface area contributed by atoms with Crippen LogP contribution in [-0.2, 0) is 18.4 Å².